The third-order valence-electron chi connectivity index (χ3n) is 2.87. The lowest BCUT2D eigenvalue weighted by Gasteiger charge is -2.09. The van der Waals surface area contributed by atoms with Crippen molar-refractivity contribution in [3.63, 3.8) is 0 Å². The number of fused-ring (bicyclic) bond motifs is 1. The minimum atomic E-state index is -0.400. The number of aromatic nitrogens is 2. The normalized spacial score (nSPS) is 10.6. The molecule has 1 heterocycles. The molecule has 0 spiro atoms. The van der Waals surface area contributed by atoms with Crippen molar-refractivity contribution in [3.05, 3.63) is 29.0 Å². The van der Waals surface area contributed by atoms with E-state index >= 15 is 0 Å². The van der Waals surface area contributed by atoms with Gasteiger partial charge in [0, 0.05) is 12.4 Å². The zero-order valence-corrected chi connectivity index (χ0v) is 10.5. The van der Waals surface area contributed by atoms with Crippen LogP contribution in [0.25, 0.3) is 10.9 Å². The van der Waals surface area contributed by atoms with Gasteiger partial charge in [-0.2, -0.15) is 0 Å². The van der Waals surface area contributed by atoms with E-state index in [0.29, 0.717) is 11.2 Å². The molecule has 2 rings (SSSR count). The number of benzene rings is 1. The fraction of sp³-hybridized carbons (Fsp3) is 0.250. The molecule has 0 aliphatic heterocycles. The monoisotopic (exact) mass is 245 g/mol. The summed E-state index contributed by atoms with van der Waals surface area (Å²) in [6.07, 6.45) is 0. The molecule has 18 heavy (non-hydrogen) atoms. The van der Waals surface area contributed by atoms with Crippen LogP contribution in [0.3, 0.4) is 0 Å². The first kappa shape index (κ1) is 12.3. The number of hydrogen-bond acceptors (Lipinski definition) is 5. The molecule has 0 unspecified atom stereocenters. The topological polar surface area (TPSA) is 92.9 Å². The van der Waals surface area contributed by atoms with Gasteiger partial charge in [0.25, 0.3) is 5.91 Å². The number of nitrogens with two attached hydrogens (primary N) is 1. The number of carbonyl (C=O) groups is 1. The highest BCUT2D eigenvalue weighted by Gasteiger charge is 2.15. The highest BCUT2D eigenvalue weighted by atomic mass is 16.2. The first-order valence-corrected chi connectivity index (χ1v) is 5.54. The van der Waals surface area contributed by atoms with Crippen LogP contribution in [0.5, 0.6) is 0 Å². The summed E-state index contributed by atoms with van der Waals surface area (Å²) >= 11 is 0. The third-order valence-corrected chi connectivity index (χ3v) is 2.87. The Kier molecular flexibility index (Phi) is 3.12. The fourth-order valence-electron chi connectivity index (χ4n) is 1.73. The second-order valence-electron chi connectivity index (χ2n) is 4.12. The number of hydrogen-bond donors (Lipinski definition) is 3. The molecule has 6 nitrogen and oxygen atoms in total. The van der Waals surface area contributed by atoms with Crippen LogP contribution < -0.4 is 16.6 Å². The number of aryl methyl sites for hydroxylation is 2. The minimum absolute atomic E-state index is 0.125. The summed E-state index contributed by atoms with van der Waals surface area (Å²) in [4.78, 5) is 11.7. The van der Waals surface area contributed by atoms with Crippen LogP contribution in [0, 0.1) is 13.8 Å². The van der Waals surface area contributed by atoms with Gasteiger partial charge in [0.1, 0.15) is 0 Å². The van der Waals surface area contributed by atoms with Crippen LogP contribution in [0.2, 0.25) is 0 Å². The molecule has 0 aliphatic carbocycles. The molecule has 2 aromatic rings. The lowest BCUT2D eigenvalue weighted by molar-refractivity contribution is 0.0933. The van der Waals surface area contributed by atoms with Crippen molar-refractivity contribution in [2.45, 2.75) is 13.8 Å². The second-order valence-corrected chi connectivity index (χ2v) is 4.12. The van der Waals surface area contributed by atoms with Crippen molar-refractivity contribution >= 4 is 22.5 Å². The number of nitrogens with zero attached hydrogens (tertiary/aromatic N) is 2. The van der Waals surface area contributed by atoms with Gasteiger partial charge in [-0.25, -0.2) is 5.43 Å². The van der Waals surface area contributed by atoms with Gasteiger partial charge in [0.2, 0.25) is 0 Å². The van der Waals surface area contributed by atoms with Crippen molar-refractivity contribution in [1.82, 2.24) is 21.0 Å². The molecule has 0 saturated heterocycles. The summed E-state index contributed by atoms with van der Waals surface area (Å²) in [5.74, 6) is -0.400. The summed E-state index contributed by atoms with van der Waals surface area (Å²) in [6, 6.07) is 3.83. The van der Waals surface area contributed by atoms with E-state index in [4.69, 9.17) is 5.73 Å². The van der Waals surface area contributed by atoms with Crippen LogP contribution in [0.1, 0.15) is 21.6 Å². The molecule has 1 aromatic carbocycles. The number of hydrazine groups is 1. The fourth-order valence-corrected chi connectivity index (χ4v) is 1.73. The Morgan fingerprint density at radius 3 is 2.56 bits per heavy atom. The van der Waals surface area contributed by atoms with Crippen LogP contribution in [0.15, 0.2) is 12.1 Å². The maximum absolute atomic E-state index is 11.7. The van der Waals surface area contributed by atoms with E-state index in [9.17, 15) is 4.79 Å². The van der Waals surface area contributed by atoms with E-state index in [1.165, 1.54) is 0 Å². The van der Waals surface area contributed by atoms with Crippen LogP contribution in [-0.2, 0) is 0 Å². The maximum Gasteiger partial charge on any atom is 0.288 e. The van der Waals surface area contributed by atoms with Gasteiger partial charge >= 0.3 is 0 Å². The molecule has 1 aromatic heterocycles. The molecular formula is C12H15N5O. The average Bonchev–Trinajstić information content (AvgIpc) is 2.32. The SMILES string of the molecule is CNNC(=O)c1nnc2cc(C)c(C)cc2c1N. The Bertz CT molecular complexity index is 623. The molecule has 0 radical (unpaired) electrons. The quantitative estimate of drug-likeness (QED) is 0.677. The lowest BCUT2D eigenvalue weighted by atomic mass is 10.0. The molecule has 0 saturated carbocycles. The first-order chi connectivity index (χ1) is 8.54. The van der Waals surface area contributed by atoms with Gasteiger partial charge in [-0.05, 0) is 37.1 Å². The molecule has 1 amide bonds. The molecular weight excluding hydrogens is 230 g/mol. The summed E-state index contributed by atoms with van der Waals surface area (Å²) in [5.41, 5.74) is 14.3. The Balaban J connectivity index is 2.63. The minimum Gasteiger partial charge on any atom is -0.396 e. The maximum atomic E-state index is 11.7. The predicted octanol–water partition coefficient (Wildman–Crippen LogP) is 0.693. The van der Waals surface area contributed by atoms with Gasteiger partial charge in [0.05, 0.1) is 11.2 Å². The molecule has 0 fully saturated rings. The highest BCUT2D eigenvalue weighted by Crippen LogP contribution is 2.24. The molecule has 4 N–H and O–H groups in total. The van der Waals surface area contributed by atoms with E-state index in [0.717, 1.165) is 16.5 Å². The zero-order valence-electron chi connectivity index (χ0n) is 10.5. The molecule has 94 valence electrons. The average molecular weight is 245 g/mol. The number of nitrogens with one attached hydrogen (secondary N) is 2. The largest absolute Gasteiger partial charge is 0.396 e. The van der Waals surface area contributed by atoms with E-state index in [2.05, 4.69) is 21.0 Å². The molecule has 6 heteroatoms. The van der Waals surface area contributed by atoms with Crippen molar-refractivity contribution in [3.8, 4) is 0 Å². The van der Waals surface area contributed by atoms with Gasteiger partial charge < -0.3 is 5.73 Å². The van der Waals surface area contributed by atoms with E-state index in [-0.39, 0.29) is 5.69 Å². The number of anilines is 1. The van der Waals surface area contributed by atoms with Gasteiger partial charge in [0.15, 0.2) is 5.69 Å². The standard InChI is InChI=1S/C12H15N5O/c1-6-4-8-9(5-7(6)2)15-16-11(10(8)13)12(18)17-14-3/h4-5,14H,1-3H3,(H2,13,15)(H,17,18). The van der Waals surface area contributed by atoms with Crippen molar-refractivity contribution < 1.29 is 4.79 Å². The van der Waals surface area contributed by atoms with Gasteiger partial charge in [-0.3, -0.25) is 10.2 Å². The number of nitrogen functional groups attached to an aromatic ring is 1. The summed E-state index contributed by atoms with van der Waals surface area (Å²) in [5, 5.41) is 8.64. The number of amides is 1. The number of carbonyl (C=O) groups excluding carboxylic acids is 1. The van der Waals surface area contributed by atoms with Crippen LogP contribution in [0.4, 0.5) is 5.69 Å². The van der Waals surface area contributed by atoms with Crippen LogP contribution in [-0.4, -0.2) is 23.2 Å². The van der Waals surface area contributed by atoms with Crippen molar-refractivity contribution in [2.24, 2.45) is 0 Å². The Morgan fingerprint density at radius 2 is 1.89 bits per heavy atom. The van der Waals surface area contributed by atoms with Gasteiger partial charge in [-0.1, -0.05) is 0 Å². The molecule has 0 aliphatic rings. The second kappa shape index (κ2) is 4.58. The van der Waals surface area contributed by atoms with E-state index in [1.54, 1.807) is 7.05 Å². The Labute approximate surface area is 105 Å². The van der Waals surface area contributed by atoms with E-state index in [1.807, 2.05) is 26.0 Å². The van der Waals surface area contributed by atoms with E-state index < -0.39 is 5.91 Å². The van der Waals surface area contributed by atoms with Crippen molar-refractivity contribution in [2.75, 3.05) is 12.8 Å². The van der Waals surface area contributed by atoms with Crippen molar-refractivity contribution in [1.29, 1.82) is 0 Å². The zero-order chi connectivity index (χ0) is 13.3. The summed E-state index contributed by atoms with van der Waals surface area (Å²) in [7, 11) is 1.59. The highest BCUT2D eigenvalue weighted by molar-refractivity contribution is 6.04. The summed E-state index contributed by atoms with van der Waals surface area (Å²) in [6.45, 7) is 3.98. The van der Waals surface area contributed by atoms with Gasteiger partial charge in [-0.15, -0.1) is 10.2 Å². The molecule has 0 bridgehead atoms. The number of rotatable bonds is 2. The summed E-state index contributed by atoms with van der Waals surface area (Å²) < 4.78 is 0. The smallest absolute Gasteiger partial charge is 0.288 e. The third kappa shape index (κ3) is 1.98. The predicted molar refractivity (Wildman–Crippen MR) is 70.0 cm³/mol. The first-order valence-electron chi connectivity index (χ1n) is 5.54. The molecule has 0 atom stereocenters. The Morgan fingerprint density at radius 1 is 1.22 bits per heavy atom. The Hall–Kier alpha value is -2.21. The van der Waals surface area contributed by atoms with Crippen LogP contribution >= 0.6 is 0 Å². The lowest BCUT2D eigenvalue weighted by Crippen LogP contribution is -2.35.